The number of carbonyl (C=O) groups is 1. The topological polar surface area (TPSA) is 30.0 Å². The molecule has 0 aliphatic heterocycles. The van der Waals surface area contributed by atoms with Crippen molar-refractivity contribution in [2.24, 2.45) is 0 Å². The summed E-state index contributed by atoms with van der Waals surface area (Å²) in [5.41, 5.74) is 0.610. The Hall–Kier alpha value is -1.18. The molecule has 0 aromatic carbocycles. The highest BCUT2D eigenvalue weighted by atomic mass is 16.1. The summed E-state index contributed by atoms with van der Waals surface area (Å²) in [6.45, 7) is 2.23. The maximum atomic E-state index is 11.7. The third kappa shape index (κ3) is 6.20. The lowest BCUT2D eigenvalue weighted by Crippen LogP contribution is -2.01. The second-order valence-corrected chi connectivity index (χ2v) is 4.51. The van der Waals surface area contributed by atoms with Gasteiger partial charge in [0.25, 0.3) is 0 Å². The molecule has 94 valence electrons. The number of aromatic nitrogens is 1. The maximum absolute atomic E-state index is 11.7. The maximum Gasteiger partial charge on any atom is 0.181 e. The van der Waals surface area contributed by atoms with E-state index in [0.717, 1.165) is 6.42 Å². The van der Waals surface area contributed by atoms with Gasteiger partial charge in [0.1, 0.15) is 5.69 Å². The van der Waals surface area contributed by atoms with Crippen molar-refractivity contribution in [1.82, 2.24) is 4.98 Å². The van der Waals surface area contributed by atoms with Crippen LogP contribution in [0.1, 0.15) is 68.8 Å². The van der Waals surface area contributed by atoms with E-state index >= 15 is 0 Å². The van der Waals surface area contributed by atoms with Gasteiger partial charge in [-0.25, -0.2) is 0 Å². The third-order valence-corrected chi connectivity index (χ3v) is 2.96. The van der Waals surface area contributed by atoms with Crippen LogP contribution in [-0.2, 0) is 0 Å². The van der Waals surface area contributed by atoms with E-state index in [1.54, 1.807) is 12.3 Å². The minimum Gasteiger partial charge on any atom is -0.292 e. The van der Waals surface area contributed by atoms with Crippen LogP contribution in [0.25, 0.3) is 0 Å². The molecule has 0 fully saturated rings. The number of unbranched alkanes of at least 4 members (excludes halogenated alkanes) is 6. The highest BCUT2D eigenvalue weighted by molar-refractivity contribution is 5.94. The van der Waals surface area contributed by atoms with Crippen LogP contribution in [0.15, 0.2) is 24.4 Å². The van der Waals surface area contributed by atoms with Crippen molar-refractivity contribution in [1.29, 1.82) is 0 Å². The van der Waals surface area contributed by atoms with Gasteiger partial charge >= 0.3 is 0 Å². The summed E-state index contributed by atoms with van der Waals surface area (Å²) in [5, 5.41) is 0. The Balaban J connectivity index is 2.05. The first-order valence-corrected chi connectivity index (χ1v) is 6.79. The lowest BCUT2D eigenvalue weighted by molar-refractivity contribution is 0.0974. The molecule has 1 rings (SSSR count). The molecule has 0 aliphatic carbocycles. The molecule has 1 heterocycles. The van der Waals surface area contributed by atoms with E-state index in [2.05, 4.69) is 11.9 Å². The molecule has 0 bridgehead atoms. The van der Waals surface area contributed by atoms with Crippen molar-refractivity contribution in [3.63, 3.8) is 0 Å². The fourth-order valence-electron chi connectivity index (χ4n) is 1.90. The quantitative estimate of drug-likeness (QED) is 0.467. The SMILES string of the molecule is CCCCCCCCCC(=O)c1ccccn1. The molecule has 0 N–H and O–H groups in total. The van der Waals surface area contributed by atoms with Crippen LogP contribution in [0.5, 0.6) is 0 Å². The van der Waals surface area contributed by atoms with Crippen LogP contribution in [0.2, 0.25) is 0 Å². The van der Waals surface area contributed by atoms with Gasteiger partial charge < -0.3 is 0 Å². The Morgan fingerprint density at radius 2 is 1.76 bits per heavy atom. The van der Waals surface area contributed by atoms with E-state index in [1.807, 2.05) is 12.1 Å². The van der Waals surface area contributed by atoms with E-state index in [-0.39, 0.29) is 5.78 Å². The van der Waals surface area contributed by atoms with Gasteiger partial charge in [-0.3, -0.25) is 9.78 Å². The molecule has 1 aromatic rings. The lowest BCUT2D eigenvalue weighted by atomic mass is 10.1. The summed E-state index contributed by atoms with van der Waals surface area (Å²) in [5.74, 6) is 0.180. The summed E-state index contributed by atoms with van der Waals surface area (Å²) in [6.07, 6.45) is 11.0. The first-order valence-electron chi connectivity index (χ1n) is 6.79. The molecule has 0 atom stereocenters. The second-order valence-electron chi connectivity index (χ2n) is 4.51. The molecule has 0 aliphatic rings. The standard InChI is InChI=1S/C15H23NO/c1-2-3-4-5-6-7-8-12-15(17)14-11-9-10-13-16-14/h9-11,13H,2-8,12H2,1H3. The molecular formula is C15H23NO. The lowest BCUT2D eigenvalue weighted by Gasteiger charge is -2.01. The van der Waals surface area contributed by atoms with Crippen molar-refractivity contribution < 1.29 is 4.79 Å². The van der Waals surface area contributed by atoms with Crippen LogP contribution in [0.3, 0.4) is 0 Å². The van der Waals surface area contributed by atoms with Crippen molar-refractivity contribution in [2.45, 2.75) is 58.3 Å². The molecule has 0 saturated carbocycles. The largest absolute Gasteiger partial charge is 0.292 e. The monoisotopic (exact) mass is 233 g/mol. The van der Waals surface area contributed by atoms with Gasteiger partial charge in [-0.05, 0) is 18.6 Å². The number of pyridine rings is 1. The fourth-order valence-corrected chi connectivity index (χ4v) is 1.90. The van der Waals surface area contributed by atoms with Crippen molar-refractivity contribution in [2.75, 3.05) is 0 Å². The van der Waals surface area contributed by atoms with Crippen molar-refractivity contribution in [3.05, 3.63) is 30.1 Å². The summed E-state index contributed by atoms with van der Waals surface area (Å²) in [6, 6.07) is 5.50. The molecule has 0 unspecified atom stereocenters. The predicted octanol–water partition coefficient (Wildman–Crippen LogP) is 4.41. The molecule has 2 nitrogen and oxygen atoms in total. The van der Waals surface area contributed by atoms with E-state index in [0.29, 0.717) is 12.1 Å². The van der Waals surface area contributed by atoms with E-state index in [1.165, 1.54) is 38.5 Å². The zero-order valence-corrected chi connectivity index (χ0v) is 10.8. The van der Waals surface area contributed by atoms with Gasteiger partial charge in [-0.15, -0.1) is 0 Å². The van der Waals surface area contributed by atoms with E-state index < -0.39 is 0 Å². The van der Waals surface area contributed by atoms with Gasteiger partial charge in [-0.2, -0.15) is 0 Å². The average Bonchev–Trinajstić information content (AvgIpc) is 2.38. The number of nitrogens with zero attached hydrogens (tertiary/aromatic N) is 1. The normalized spacial score (nSPS) is 10.4. The summed E-state index contributed by atoms with van der Waals surface area (Å²) >= 11 is 0. The van der Waals surface area contributed by atoms with Crippen LogP contribution >= 0.6 is 0 Å². The Bertz CT molecular complexity index is 308. The smallest absolute Gasteiger partial charge is 0.181 e. The molecule has 0 radical (unpaired) electrons. The summed E-state index contributed by atoms with van der Waals surface area (Å²) in [4.78, 5) is 15.8. The van der Waals surface area contributed by atoms with Crippen molar-refractivity contribution >= 4 is 5.78 Å². The van der Waals surface area contributed by atoms with Gasteiger partial charge in [0.2, 0.25) is 0 Å². The van der Waals surface area contributed by atoms with Crippen LogP contribution in [0, 0.1) is 0 Å². The Kier molecular flexibility index (Phi) is 7.28. The summed E-state index contributed by atoms with van der Waals surface area (Å²) < 4.78 is 0. The molecular weight excluding hydrogens is 210 g/mol. The highest BCUT2D eigenvalue weighted by Gasteiger charge is 2.05. The zero-order chi connectivity index (χ0) is 12.3. The number of ketones is 1. The number of rotatable bonds is 9. The molecule has 17 heavy (non-hydrogen) atoms. The van der Waals surface area contributed by atoms with E-state index in [9.17, 15) is 4.79 Å². The number of hydrogen-bond acceptors (Lipinski definition) is 2. The van der Waals surface area contributed by atoms with Gasteiger partial charge in [-0.1, -0.05) is 51.5 Å². The first kappa shape index (κ1) is 13.9. The first-order chi connectivity index (χ1) is 8.34. The predicted molar refractivity (Wildman–Crippen MR) is 71.2 cm³/mol. The minimum atomic E-state index is 0.180. The van der Waals surface area contributed by atoms with Crippen molar-refractivity contribution in [3.8, 4) is 0 Å². The average molecular weight is 233 g/mol. The Morgan fingerprint density at radius 1 is 1.06 bits per heavy atom. The third-order valence-electron chi connectivity index (χ3n) is 2.96. The molecule has 0 spiro atoms. The second kappa shape index (κ2) is 8.91. The van der Waals surface area contributed by atoms with Crippen LogP contribution < -0.4 is 0 Å². The van der Waals surface area contributed by atoms with Gasteiger partial charge in [0.05, 0.1) is 0 Å². The minimum absolute atomic E-state index is 0.180. The van der Waals surface area contributed by atoms with Gasteiger partial charge in [0, 0.05) is 12.6 Å². The molecule has 0 saturated heterocycles. The summed E-state index contributed by atoms with van der Waals surface area (Å²) in [7, 11) is 0. The zero-order valence-electron chi connectivity index (χ0n) is 10.8. The number of carbonyl (C=O) groups excluding carboxylic acids is 1. The van der Waals surface area contributed by atoms with Crippen LogP contribution in [0.4, 0.5) is 0 Å². The Labute approximate surface area is 104 Å². The molecule has 2 heteroatoms. The molecule has 1 aromatic heterocycles. The van der Waals surface area contributed by atoms with Crippen LogP contribution in [-0.4, -0.2) is 10.8 Å². The molecule has 0 amide bonds. The fraction of sp³-hybridized carbons (Fsp3) is 0.600. The highest BCUT2D eigenvalue weighted by Crippen LogP contribution is 2.10. The Morgan fingerprint density at radius 3 is 2.41 bits per heavy atom. The van der Waals surface area contributed by atoms with E-state index in [4.69, 9.17) is 0 Å². The number of hydrogen-bond donors (Lipinski definition) is 0. The number of Topliss-reactive ketones (excluding diaryl/α,β-unsaturated/α-hetero) is 1. The van der Waals surface area contributed by atoms with Gasteiger partial charge in [0.15, 0.2) is 5.78 Å².